The Balaban J connectivity index is 2.06. The van der Waals surface area contributed by atoms with Crippen molar-refractivity contribution in [1.29, 1.82) is 0 Å². The van der Waals surface area contributed by atoms with Crippen molar-refractivity contribution in [3.63, 3.8) is 0 Å². The van der Waals surface area contributed by atoms with Gasteiger partial charge in [-0.1, -0.05) is 18.5 Å². The summed E-state index contributed by atoms with van der Waals surface area (Å²) in [4.78, 5) is 0. The van der Waals surface area contributed by atoms with Gasteiger partial charge in [-0.3, -0.25) is 4.68 Å². The number of halogens is 1. The molecule has 0 saturated heterocycles. The number of hydrogen-bond acceptors (Lipinski definition) is 4. The van der Waals surface area contributed by atoms with E-state index in [-0.39, 0.29) is 0 Å². The van der Waals surface area contributed by atoms with Crippen LogP contribution in [0.5, 0.6) is 0 Å². The van der Waals surface area contributed by atoms with E-state index in [0.29, 0.717) is 37.1 Å². The molecule has 0 atom stereocenters. The Morgan fingerprint density at radius 3 is 2.86 bits per heavy atom. The van der Waals surface area contributed by atoms with Crippen LogP contribution in [0.1, 0.15) is 44.7 Å². The molecule has 2 rings (SSSR count). The van der Waals surface area contributed by atoms with Gasteiger partial charge in [-0.15, -0.1) is 0 Å². The lowest BCUT2D eigenvalue weighted by atomic mass is 9.80. The Bertz CT molecular complexity index is 442. The molecule has 5 nitrogen and oxygen atoms in total. The molecule has 0 radical (unpaired) electrons. The summed E-state index contributed by atoms with van der Waals surface area (Å²) in [6.07, 6.45) is 6.10. The van der Waals surface area contributed by atoms with Gasteiger partial charge < -0.3 is 15.2 Å². The fraction of sp³-hybridized carbons (Fsp3) is 0.800. The Hall–Kier alpha value is -0.620. The van der Waals surface area contributed by atoms with Crippen LogP contribution in [-0.4, -0.2) is 41.2 Å². The zero-order valence-electron chi connectivity index (χ0n) is 12.9. The minimum absolute atomic E-state index is 0.499. The minimum atomic E-state index is -0.869. The van der Waals surface area contributed by atoms with Crippen LogP contribution >= 0.6 is 11.6 Å². The maximum atomic E-state index is 11.0. The molecule has 21 heavy (non-hydrogen) atoms. The third kappa shape index (κ3) is 3.97. The molecule has 1 aliphatic carbocycles. The molecule has 1 aliphatic rings. The zero-order chi connectivity index (χ0) is 15.3. The first-order valence-electron chi connectivity index (χ1n) is 7.77. The molecule has 0 bridgehead atoms. The van der Waals surface area contributed by atoms with Crippen molar-refractivity contribution in [2.45, 2.75) is 57.2 Å². The van der Waals surface area contributed by atoms with E-state index in [4.69, 9.17) is 16.3 Å². The molecular weight excluding hydrogens is 290 g/mol. The van der Waals surface area contributed by atoms with Crippen molar-refractivity contribution in [2.24, 2.45) is 0 Å². The van der Waals surface area contributed by atoms with Gasteiger partial charge in [0, 0.05) is 13.2 Å². The van der Waals surface area contributed by atoms with Crippen LogP contribution in [-0.2, 0) is 16.9 Å². The Kier molecular flexibility index (Phi) is 6.05. The van der Waals surface area contributed by atoms with E-state index in [0.717, 1.165) is 31.5 Å². The van der Waals surface area contributed by atoms with Gasteiger partial charge >= 0.3 is 0 Å². The average Bonchev–Trinajstić information content (AvgIpc) is 2.86. The molecule has 0 amide bonds. The van der Waals surface area contributed by atoms with Crippen LogP contribution in [0.2, 0.25) is 5.02 Å². The third-order valence-corrected chi connectivity index (χ3v) is 4.52. The van der Waals surface area contributed by atoms with E-state index < -0.39 is 5.60 Å². The molecule has 0 aliphatic heterocycles. The molecule has 6 heteroatoms. The van der Waals surface area contributed by atoms with E-state index in [1.165, 1.54) is 0 Å². The van der Waals surface area contributed by atoms with Crippen LogP contribution in [0.4, 0.5) is 0 Å². The van der Waals surface area contributed by atoms with Crippen LogP contribution in [0.25, 0.3) is 0 Å². The van der Waals surface area contributed by atoms with Gasteiger partial charge in [0.1, 0.15) is 5.60 Å². The highest BCUT2D eigenvalue weighted by atomic mass is 35.5. The third-order valence-electron chi connectivity index (χ3n) is 4.24. The van der Waals surface area contributed by atoms with Crippen molar-refractivity contribution < 1.29 is 9.84 Å². The van der Waals surface area contributed by atoms with Crippen molar-refractivity contribution in [3.8, 4) is 0 Å². The Morgan fingerprint density at radius 1 is 1.52 bits per heavy atom. The minimum Gasteiger partial charge on any atom is -0.384 e. The first-order valence-corrected chi connectivity index (χ1v) is 8.15. The Labute approximate surface area is 131 Å². The molecule has 0 unspecified atom stereocenters. The second-order valence-corrected chi connectivity index (χ2v) is 6.22. The standard InChI is InChI=1S/C15H26ClN3O2/c1-3-8-17-12-4-6-15(20,7-5-12)14-13(16)11-18-19(14)9-10-21-2/h11-12,17,20H,3-10H2,1-2H3. The van der Waals surface area contributed by atoms with Gasteiger partial charge in [0.2, 0.25) is 0 Å². The predicted molar refractivity (Wildman–Crippen MR) is 83.6 cm³/mol. The SMILES string of the molecule is CCCNC1CCC(O)(c2c(Cl)cnn2CCOC)CC1. The number of hydrogen-bond donors (Lipinski definition) is 2. The van der Waals surface area contributed by atoms with Crippen molar-refractivity contribution in [2.75, 3.05) is 20.3 Å². The summed E-state index contributed by atoms with van der Waals surface area (Å²) in [6, 6.07) is 0.499. The predicted octanol–water partition coefficient (Wildman–Crippen LogP) is 2.31. The normalized spacial score (nSPS) is 26.2. The van der Waals surface area contributed by atoms with E-state index in [1.54, 1.807) is 18.0 Å². The highest BCUT2D eigenvalue weighted by Crippen LogP contribution is 2.40. The maximum Gasteiger partial charge on any atom is 0.108 e. The molecule has 1 fully saturated rings. The van der Waals surface area contributed by atoms with E-state index in [9.17, 15) is 5.11 Å². The lowest BCUT2D eigenvalue weighted by Crippen LogP contribution is -2.41. The maximum absolute atomic E-state index is 11.0. The summed E-state index contributed by atoms with van der Waals surface area (Å²) in [5.41, 5.74) is -0.124. The summed E-state index contributed by atoms with van der Waals surface area (Å²) in [5.74, 6) is 0. The molecule has 1 heterocycles. The summed E-state index contributed by atoms with van der Waals surface area (Å²) in [5, 5.41) is 19.4. The smallest absolute Gasteiger partial charge is 0.108 e. The number of methoxy groups -OCH3 is 1. The van der Waals surface area contributed by atoms with Crippen molar-refractivity contribution in [1.82, 2.24) is 15.1 Å². The second-order valence-electron chi connectivity index (χ2n) is 5.82. The summed E-state index contributed by atoms with van der Waals surface area (Å²) >= 11 is 6.27. The van der Waals surface area contributed by atoms with E-state index >= 15 is 0 Å². The molecule has 1 saturated carbocycles. The highest BCUT2D eigenvalue weighted by Gasteiger charge is 2.39. The average molecular weight is 316 g/mol. The lowest BCUT2D eigenvalue weighted by Gasteiger charge is -2.37. The topological polar surface area (TPSA) is 59.3 Å². The van der Waals surface area contributed by atoms with E-state index in [2.05, 4.69) is 17.3 Å². The number of aliphatic hydroxyl groups is 1. The highest BCUT2D eigenvalue weighted by molar-refractivity contribution is 6.31. The molecule has 2 N–H and O–H groups in total. The van der Waals surface area contributed by atoms with Gasteiger partial charge in [0.15, 0.2) is 0 Å². The molecular formula is C15H26ClN3O2. The number of rotatable bonds is 7. The number of nitrogens with zero attached hydrogens (tertiary/aromatic N) is 2. The van der Waals surface area contributed by atoms with Crippen molar-refractivity contribution >= 4 is 11.6 Å². The fourth-order valence-electron chi connectivity index (χ4n) is 3.06. The molecule has 1 aromatic rings. The molecule has 1 aromatic heterocycles. The molecule has 0 aromatic carbocycles. The largest absolute Gasteiger partial charge is 0.384 e. The van der Waals surface area contributed by atoms with Gasteiger partial charge in [-0.05, 0) is 38.6 Å². The monoisotopic (exact) mass is 315 g/mol. The zero-order valence-corrected chi connectivity index (χ0v) is 13.7. The lowest BCUT2D eigenvalue weighted by molar-refractivity contribution is -0.0167. The van der Waals surface area contributed by atoms with Crippen LogP contribution in [0, 0.1) is 0 Å². The van der Waals surface area contributed by atoms with Crippen LogP contribution < -0.4 is 5.32 Å². The quantitative estimate of drug-likeness (QED) is 0.810. The fourth-order valence-corrected chi connectivity index (χ4v) is 3.37. The number of ether oxygens (including phenoxy) is 1. The molecule has 120 valence electrons. The van der Waals surface area contributed by atoms with Gasteiger partial charge in [-0.25, -0.2) is 0 Å². The molecule has 0 spiro atoms. The Morgan fingerprint density at radius 2 is 2.24 bits per heavy atom. The summed E-state index contributed by atoms with van der Waals surface area (Å²) in [7, 11) is 1.66. The first-order chi connectivity index (χ1) is 10.1. The van der Waals surface area contributed by atoms with Crippen LogP contribution in [0.3, 0.4) is 0 Å². The second kappa shape index (κ2) is 7.58. The summed E-state index contributed by atoms with van der Waals surface area (Å²) in [6.45, 7) is 4.37. The van der Waals surface area contributed by atoms with Gasteiger partial charge in [0.05, 0.1) is 30.1 Å². The van der Waals surface area contributed by atoms with E-state index in [1.807, 2.05) is 0 Å². The summed E-state index contributed by atoms with van der Waals surface area (Å²) < 4.78 is 6.88. The van der Waals surface area contributed by atoms with Gasteiger partial charge in [0.25, 0.3) is 0 Å². The van der Waals surface area contributed by atoms with Gasteiger partial charge in [-0.2, -0.15) is 5.10 Å². The first kappa shape index (κ1) is 16.7. The number of nitrogens with one attached hydrogen (secondary N) is 1. The van der Waals surface area contributed by atoms with Crippen LogP contribution in [0.15, 0.2) is 6.20 Å². The van der Waals surface area contributed by atoms with Crippen molar-refractivity contribution in [3.05, 3.63) is 16.9 Å². The number of aromatic nitrogens is 2.